The smallest absolute Gasteiger partial charge is 0.119 e. The van der Waals surface area contributed by atoms with Gasteiger partial charge in [-0.3, -0.25) is 4.90 Å². The zero-order chi connectivity index (χ0) is 14.8. The molecule has 0 amide bonds. The Labute approximate surface area is 123 Å². The molecule has 1 fully saturated rings. The van der Waals surface area contributed by atoms with E-state index in [1.807, 2.05) is 6.07 Å². The molecule has 0 aromatic heterocycles. The van der Waals surface area contributed by atoms with Gasteiger partial charge in [-0.1, -0.05) is 32.4 Å². The first-order valence-corrected chi connectivity index (χ1v) is 7.49. The van der Waals surface area contributed by atoms with Crippen molar-refractivity contribution >= 4 is 0 Å². The van der Waals surface area contributed by atoms with Gasteiger partial charge in [0.1, 0.15) is 5.75 Å². The highest BCUT2D eigenvalue weighted by molar-refractivity contribution is 5.28. The lowest BCUT2D eigenvalue weighted by molar-refractivity contribution is 0.0276. The number of methoxy groups -OCH3 is 1. The molecule has 2 N–H and O–H groups in total. The van der Waals surface area contributed by atoms with E-state index >= 15 is 0 Å². The molecule has 1 atom stereocenters. The van der Waals surface area contributed by atoms with E-state index in [4.69, 9.17) is 10.5 Å². The predicted octanol–water partition coefficient (Wildman–Crippen LogP) is 3.03. The normalized spacial score (nSPS) is 25.1. The van der Waals surface area contributed by atoms with Gasteiger partial charge in [0, 0.05) is 18.6 Å². The van der Waals surface area contributed by atoms with Crippen molar-refractivity contribution in [2.24, 2.45) is 11.1 Å². The van der Waals surface area contributed by atoms with E-state index in [1.165, 1.54) is 24.8 Å². The van der Waals surface area contributed by atoms with Gasteiger partial charge in [0.15, 0.2) is 0 Å². The monoisotopic (exact) mass is 276 g/mol. The molecule has 0 bridgehead atoms. The summed E-state index contributed by atoms with van der Waals surface area (Å²) >= 11 is 0. The zero-order valence-electron chi connectivity index (χ0n) is 13.3. The highest BCUT2D eigenvalue weighted by Crippen LogP contribution is 2.48. The van der Waals surface area contributed by atoms with Gasteiger partial charge in [-0.2, -0.15) is 0 Å². The van der Waals surface area contributed by atoms with E-state index in [1.54, 1.807) is 7.11 Å². The zero-order valence-corrected chi connectivity index (χ0v) is 13.3. The van der Waals surface area contributed by atoms with Crippen LogP contribution >= 0.6 is 0 Å². The minimum atomic E-state index is 0.107. The maximum absolute atomic E-state index is 6.19. The van der Waals surface area contributed by atoms with Crippen molar-refractivity contribution in [1.82, 2.24) is 4.90 Å². The number of nitrogens with two attached hydrogens (primary N) is 1. The molecule has 112 valence electrons. The van der Waals surface area contributed by atoms with Crippen molar-refractivity contribution in [3.8, 4) is 5.75 Å². The van der Waals surface area contributed by atoms with E-state index in [2.05, 4.69) is 44.0 Å². The third-order valence-electron chi connectivity index (χ3n) is 5.27. The van der Waals surface area contributed by atoms with Crippen molar-refractivity contribution < 1.29 is 4.74 Å². The molecule has 0 heterocycles. The van der Waals surface area contributed by atoms with Crippen molar-refractivity contribution in [3.63, 3.8) is 0 Å². The molecule has 1 aromatic rings. The van der Waals surface area contributed by atoms with E-state index in [0.29, 0.717) is 0 Å². The van der Waals surface area contributed by atoms with E-state index in [0.717, 1.165) is 18.8 Å². The molecular formula is C17H28N2O. The number of benzene rings is 1. The Morgan fingerprint density at radius 3 is 2.60 bits per heavy atom. The van der Waals surface area contributed by atoms with Gasteiger partial charge in [0.2, 0.25) is 0 Å². The molecule has 1 saturated carbocycles. The van der Waals surface area contributed by atoms with Crippen LogP contribution in [0.25, 0.3) is 0 Å². The molecule has 0 spiro atoms. The maximum atomic E-state index is 6.19. The van der Waals surface area contributed by atoms with Crippen molar-refractivity contribution in [1.29, 1.82) is 0 Å². The highest BCUT2D eigenvalue weighted by atomic mass is 16.5. The number of rotatable bonds is 5. The van der Waals surface area contributed by atoms with Gasteiger partial charge in [0.05, 0.1) is 7.11 Å². The fourth-order valence-corrected chi connectivity index (χ4v) is 3.83. The summed E-state index contributed by atoms with van der Waals surface area (Å²) < 4.78 is 5.31. The lowest BCUT2D eigenvalue weighted by Gasteiger charge is -2.48. The second kappa shape index (κ2) is 5.74. The van der Waals surface area contributed by atoms with Crippen LogP contribution in [0.1, 0.15) is 38.7 Å². The van der Waals surface area contributed by atoms with Crippen LogP contribution in [-0.2, 0) is 6.54 Å². The van der Waals surface area contributed by atoms with Gasteiger partial charge in [-0.15, -0.1) is 0 Å². The number of likely N-dealkylation sites (N-methyl/N-ethyl adjacent to an activating group) is 1. The summed E-state index contributed by atoms with van der Waals surface area (Å²) in [7, 11) is 3.92. The molecule has 3 heteroatoms. The minimum absolute atomic E-state index is 0.107. The highest BCUT2D eigenvalue weighted by Gasteiger charge is 2.50. The molecule has 0 saturated heterocycles. The second-order valence-corrected chi connectivity index (χ2v) is 6.68. The van der Waals surface area contributed by atoms with Crippen LogP contribution in [0, 0.1) is 5.41 Å². The molecule has 1 unspecified atom stereocenters. The molecule has 2 rings (SSSR count). The first-order valence-electron chi connectivity index (χ1n) is 7.49. The van der Waals surface area contributed by atoms with Crippen LogP contribution in [-0.4, -0.2) is 31.1 Å². The number of ether oxygens (including phenoxy) is 1. The first kappa shape index (κ1) is 15.3. The van der Waals surface area contributed by atoms with Crippen LogP contribution in [0.2, 0.25) is 0 Å². The Bertz CT molecular complexity index is 458. The van der Waals surface area contributed by atoms with Crippen molar-refractivity contribution in [2.45, 2.75) is 45.2 Å². The standard InChI is InChI=1S/C17H28N2O/c1-16(2)9-6-10-17(16,13-18)19(3)12-14-7-5-8-15(11-14)20-4/h5,7-8,11H,6,9-10,12-13,18H2,1-4H3. The third-order valence-corrected chi connectivity index (χ3v) is 5.27. The van der Waals surface area contributed by atoms with Gasteiger partial charge < -0.3 is 10.5 Å². The largest absolute Gasteiger partial charge is 0.497 e. The molecule has 1 aromatic carbocycles. The average Bonchev–Trinajstić information content (AvgIpc) is 2.74. The van der Waals surface area contributed by atoms with Crippen LogP contribution in [0.4, 0.5) is 0 Å². The first-order chi connectivity index (χ1) is 9.45. The van der Waals surface area contributed by atoms with E-state index in [-0.39, 0.29) is 11.0 Å². The lowest BCUT2D eigenvalue weighted by Crippen LogP contribution is -2.57. The molecule has 3 nitrogen and oxygen atoms in total. The molecule has 1 aliphatic carbocycles. The summed E-state index contributed by atoms with van der Waals surface area (Å²) in [6, 6.07) is 8.31. The van der Waals surface area contributed by atoms with Crippen LogP contribution in [0.3, 0.4) is 0 Å². The van der Waals surface area contributed by atoms with Crippen molar-refractivity contribution in [3.05, 3.63) is 29.8 Å². The summed E-state index contributed by atoms with van der Waals surface area (Å²) in [4.78, 5) is 2.45. The molecule has 20 heavy (non-hydrogen) atoms. The van der Waals surface area contributed by atoms with E-state index < -0.39 is 0 Å². The average molecular weight is 276 g/mol. The van der Waals surface area contributed by atoms with Gasteiger partial charge in [-0.05, 0) is 43.0 Å². The Hall–Kier alpha value is -1.06. The number of nitrogens with zero attached hydrogens (tertiary/aromatic N) is 1. The summed E-state index contributed by atoms with van der Waals surface area (Å²) in [5, 5.41) is 0. The van der Waals surface area contributed by atoms with Crippen LogP contribution in [0.5, 0.6) is 5.75 Å². The van der Waals surface area contributed by atoms with Gasteiger partial charge >= 0.3 is 0 Å². The summed E-state index contributed by atoms with van der Waals surface area (Å²) in [6.07, 6.45) is 3.72. The lowest BCUT2D eigenvalue weighted by atomic mass is 9.73. The van der Waals surface area contributed by atoms with Crippen molar-refractivity contribution in [2.75, 3.05) is 20.7 Å². The third kappa shape index (κ3) is 2.57. The predicted molar refractivity (Wildman–Crippen MR) is 83.9 cm³/mol. The summed E-state index contributed by atoms with van der Waals surface area (Å²) in [5.41, 5.74) is 7.85. The fraction of sp³-hybridized carbons (Fsp3) is 0.647. The Kier molecular flexibility index (Phi) is 4.40. The molecule has 1 aliphatic rings. The van der Waals surface area contributed by atoms with E-state index in [9.17, 15) is 0 Å². The second-order valence-electron chi connectivity index (χ2n) is 6.68. The maximum Gasteiger partial charge on any atom is 0.119 e. The fourth-order valence-electron chi connectivity index (χ4n) is 3.83. The molecule has 0 aliphatic heterocycles. The number of hydrogen-bond acceptors (Lipinski definition) is 3. The van der Waals surface area contributed by atoms with Crippen LogP contribution in [0.15, 0.2) is 24.3 Å². The Morgan fingerprint density at radius 1 is 1.30 bits per heavy atom. The van der Waals surface area contributed by atoms with Crippen LogP contribution < -0.4 is 10.5 Å². The Balaban J connectivity index is 2.19. The number of hydrogen-bond donors (Lipinski definition) is 1. The molecular weight excluding hydrogens is 248 g/mol. The minimum Gasteiger partial charge on any atom is -0.497 e. The summed E-state index contributed by atoms with van der Waals surface area (Å²) in [5.74, 6) is 0.920. The molecule has 0 radical (unpaired) electrons. The quantitative estimate of drug-likeness (QED) is 0.898. The topological polar surface area (TPSA) is 38.5 Å². The Morgan fingerprint density at radius 2 is 2.05 bits per heavy atom. The SMILES string of the molecule is COc1cccc(CN(C)C2(CN)CCCC2(C)C)c1. The van der Waals surface area contributed by atoms with Gasteiger partial charge in [0.25, 0.3) is 0 Å². The van der Waals surface area contributed by atoms with Gasteiger partial charge in [-0.25, -0.2) is 0 Å². The summed E-state index contributed by atoms with van der Waals surface area (Å²) in [6.45, 7) is 6.35.